The minimum absolute atomic E-state index is 0.112. The van der Waals surface area contributed by atoms with E-state index in [0.717, 1.165) is 17.7 Å². The van der Waals surface area contributed by atoms with E-state index in [1.165, 1.54) is 5.56 Å². The van der Waals surface area contributed by atoms with Gasteiger partial charge < -0.3 is 4.74 Å². The molecule has 0 aromatic heterocycles. The highest BCUT2D eigenvalue weighted by Crippen LogP contribution is 2.72. The van der Waals surface area contributed by atoms with E-state index in [9.17, 15) is 0 Å². The van der Waals surface area contributed by atoms with Gasteiger partial charge in [-0.1, -0.05) is 71.7 Å². The van der Waals surface area contributed by atoms with Crippen LogP contribution in [0.5, 0.6) is 5.75 Å². The average Bonchev–Trinajstić information content (AvgIpc) is 2.94. The summed E-state index contributed by atoms with van der Waals surface area (Å²) < 4.78 is 5.38. The number of ether oxygens (including phenoxy) is 1. The topological polar surface area (TPSA) is 9.23 Å². The van der Waals surface area contributed by atoms with Gasteiger partial charge in [0.2, 0.25) is 0 Å². The molecule has 3 heteroatoms. The summed E-state index contributed by atoms with van der Waals surface area (Å²) in [6, 6.07) is 18.1. The number of rotatable bonds is 1. The van der Waals surface area contributed by atoms with Crippen molar-refractivity contribution in [3.8, 4) is 5.75 Å². The second-order valence-corrected chi connectivity index (χ2v) is 6.58. The molecule has 1 heterocycles. The van der Waals surface area contributed by atoms with Crippen molar-refractivity contribution in [2.24, 2.45) is 5.92 Å². The van der Waals surface area contributed by atoms with Gasteiger partial charge in [-0.15, -0.1) is 0 Å². The second-order valence-electron chi connectivity index (χ2n) is 5.19. The largest absolute Gasteiger partial charge is 0.479 e. The molecule has 4 rings (SSSR count). The Balaban J connectivity index is 1.85. The van der Waals surface area contributed by atoms with Crippen LogP contribution in [0.3, 0.4) is 0 Å². The zero-order valence-corrected chi connectivity index (χ0v) is 11.7. The van der Waals surface area contributed by atoms with Crippen molar-refractivity contribution < 1.29 is 4.74 Å². The van der Waals surface area contributed by atoms with E-state index in [1.807, 2.05) is 48.5 Å². The molecule has 2 atom stereocenters. The Morgan fingerprint density at radius 1 is 0.947 bits per heavy atom. The molecule has 19 heavy (non-hydrogen) atoms. The summed E-state index contributed by atoms with van der Waals surface area (Å²) >= 11 is 13.1. The molecule has 1 fully saturated rings. The molecule has 0 amide bonds. The minimum atomic E-state index is -0.854. The molecule has 1 nitrogen and oxygen atoms in total. The third-order valence-corrected chi connectivity index (χ3v) is 5.30. The predicted octanol–water partition coefficient (Wildman–Crippen LogP) is 4.32. The minimum Gasteiger partial charge on any atom is -0.479 e. The monoisotopic (exact) mass is 290 g/mol. The van der Waals surface area contributed by atoms with E-state index < -0.39 is 9.93 Å². The van der Waals surface area contributed by atoms with E-state index in [4.69, 9.17) is 27.9 Å². The predicted molar refractivity (Wildman–Crippen MR) is 76.8 cm³/mol. The van der Waals surface area contributed by atoms with Gasteiger partial charge >= 0.3 is 0 Å². The van der Waals surface area contributed by atoms with Crippen LogP contribution in [0.1, 0.15) is 11.1 Å². The number of benzene rings is 2. The molecule has 2 unspecified atom stereocenters. The molecule has 1 aliphatic carbocycles. The standard InChI is InChI=1S/C16H12Cl2O/c17-16(18)14-10-11-6-4-5-9-13(11)19-15(14,16)12-7-2-1-3-8-12/h1-9,14H,10H2. The quantitative estimate of drug-likeness (QED) is 0.711. The van der Waals surface area contributed by atoms with Crippen molar-refractivity contribution in [1.82, 2.24) is 0 Å². The van der Waals surface area contributed by atoms with Gasteiger partial charge in [-0.05, 0) is 23.6 Å². The van der Waals surface area contributed by atoms with Crippen LogP contribution in [-0.2, 0) is 12.0 Å². The van der Waals surface area contributed by atoms with Crippen LogP contribution in [0.15, 0.2) is 54.6 Å². The van der Waals surface area contributed by atoms with E-state index in [1.54, 1.807) is 0 Å². The fourth-order valence-electron chi connectivity index (χ4n) is 3.16. The van der Waals surface area contributed by atoms with Crippen LogP contribution in [0, 0.1) is 5.92 Å². The Hall–Kier alpha value is -1.18. The second kappa shape index (κ2) is 3.68. The van der Waals surface area contributed by atoms with Gasteiger partial charge in [0.05, 0.1) is 0 Å². The number of hydrogen-bond acceptors (Lipinski definition) is 1. The normalized spacial score (nSPS) is 29.9. The Labute approximate surface area is 122 Å². The van der Waals surface area contributed by atoms with Crippen LogP contribution >= 0.6 is 23.2 Å². The summed E-state index contributed by atoms with van der Waals surface area (Å²) in [6.45, 7) is 0. The summed E-state index contributed by atoms with van der Waals surface area (Å²) in [4.78, 5) is 0. The molecular formula is C16H12Cl2O. The number of halogens is 2. The Morgan fingerprint density at radius 3 is 2.42 bits per heavy atom. The van der Waals surface area contributed by atoms with Gasteiger partial charge in [0, 0.05) is 5.92 Å². The highest BCUT2D eigenvalue weighted by molar-refractivity contribution is 6.52. The maximum absolute atomic E-state index is 6.54. The lowest BCUT2D eigenvalue weighted by molar-refractivity contribution is 0.144. The first-order chi connectivity index (χ1) is 9.16. The molecule has 0 radical (unpaired) electrons. The molecule has 0 bridgehead atoms. The summed E-state index contributed by atoms with van der Waals surface area (Å²) in [5.74, 6) is 1.01. The Kier molecular flexibility index (Phi) is 2.25. The molecule has 2 aliphatic rings. The van der Waals surface area contributed by atoms with Crippen LogP contribution in [0.4, 0.5) is 0 Å². The van der Waals surface area contributed by atoms with Crippen LogP contribution < -0.4 is 4.74 Å². The smallest absolute Gasteiger partial charge is 0.173 e. The van der Waals surface area contributed by atoms with Crippen LogP contribution in [-0.4, -0.2) is 4.33 Å². The van der Waals surface area contributed by atoms with E-state index in [2.05, 4.69) is 6.07 Å². The summed E-state index contributed by atoms with van der Waals surface area (Å²) in [5.41, 5.74) is 1.65. The molecule has 0 saturated heterocycles. The highest BCUT2D eigenvalue weighted by Gasteiger charge is 2.80. The van der Waals surface area contributed by atoms with Crippen LogP contribution in [0.2, 0.25) is 0 Å². The molecule has 2 aromatic rings. The first kappa shape index (κ1) is 11.6. The van der Waals surface area contributed by atoms with Crippen molar-refractivity contribution in [3.05, 3.63) is 65.7 Å². The van der Waals surface area contributed by atoms with Gasteiger partial charge in [-0.2, -0.15) is 0 Å². The summed E-state index contributed by atoms with van der Waals surface area (Å²) in [5, 5.41) is 0. The summed E-state index contributed by atoms with van der Waals surface area (Å²) in [6.07, 6.45) is 0.859. The van der Waals surface area contributed by atoms with Crippen molar-refractivity contribution in [2.45, 2.75) is 16.4 Å². The fraction of sp³-hybridized carbons (Fsp3) is 0.250. The van der Waals surface area contributed by atoms with Gasteiger partial charge in [-0.3, -0.25) is 0 Å². The summed E-state index contributed by atoms with van der Waals surface area (Å²) in [7, 11) is 0. The lowest BCUT2D eigenvalue weighted by atomic mass is 9.97. The average molecular weight is 291 g/mol. The zero-order valence-electron chi connectivity index (χ0n) is 10.1. The lowest BCUT2D eigenvalue weighted by Crippen LogP contribution is -2.26. The molecule has 1 saturated carbocycles. The number of alkyl halides is 2. The first-order valence-electron chi connectivity index (χ1n) is 6.36. The SMILES string of the molecule is ClC1(Cl)C2Cc3ccccc3OC21c1ccccc1. The number of para-hydroxylation sites is 1. The first-order valence-corrected chi connectivity index (χ1v) is 7.12. The van der Waals surface area contributed by atoms with Gasteiger partial charge in [0.1, 0.15) is 5.75 Å². The van der Waals surface area contributed by atoms with Crippen LogP contribution in [0.25, 0.3) is 0 Å². The fourth-order valence-corrected chi connectivity index (χ4v) is 4.07. The molecule has 0 N–H and O–H groups in total. The Morgan fingerprint density at radius 2 is 1.63 bits per heavy atom. The molecule has 0 spiro atoms. The van der Waals surface area contributed by atoms with Gasteiger partial charge in [0.15, 0.2) is 9.93 Å². The van der Waals surface area contributed by atoms with Gasteiger partial charge in [0.25, 0.3) is 0 Å². The van der Waals surface area contributed by atoms with Crippen molar-refractivity contribution in [3.63, 3.8) is 0 Å². The van der Waals surface area contributed by atoms with E-state index >= 15 is 0 Å². The third-order valence-electron chi connectivity index (χ3n) is 4.21. The Bertz CT molecular complexity index is 638. The molecule has 1 aliphatic heterocycles. The maximum Gasteiger partial charge on any atom is 0.173 e. The number of hydrogen-bond donors (Lipinski definition) is 0. The highest BCUT2D eigenvalue weighted by atomic mass is 35.5. The lowest BCUT2D eigenvalue weighted by Gasteiger charge is -2.26. The van der Waals surface area contributed by atoms with Crippen molar-refractivity contribution >= 4 is 23.2 Å². The molecule has 2 aromatic carbocycles. The zero-order chi connectivity index (χ0) is 13.1. The van der Waals surface area contributed by atoms with E-state index in [0.29, 0.717) is 0 Å². The number of fused-ring (bicyclic) bond motifs is 2. The van der Waals surface area contributed by atoms with E-state index in [-0.39, 0.29) is 5.92 Å². The molecular weight excluding hydrogens is 279 g/mol. The molecule has 96 valence electrons. The maximum atomic E-state index is 6.54. The van der Waals surface area contributed by atoms with Gasteiger partial charge in [-0.25, -0.2) is 0 Å². The third kappa shape index (κ3) is 1.38. The van der Waals surface area contributed by atoms with Crippen molar-refractivity contribution in [1.29, 1.82) is 0 Å². The van der Waals surface area contributed by atoms with Crippen molar-refractivity contribution in [2.75, 3.05) is 0 Å².